The number of hydrogen-bond acceptors (Lipinski definition) is 5. The molecule has 4 N–H and O–H groups in total. The predicted octanol–water partition coefficient (Wildman–Crippen LogP) is 1.40. The Morgan fingerprint density at radius 2 is 1.95 bits per heavy atom. The van der Waals surface area contributed by atoms with E-state index < -0.39 is 22.0 Å². The predicted molar refractivity (Wildman–Crippen MR) is 81.2 cm³/mol. The fraction of sp³-hybridized carbons (Fsp3) is 0.200. The Morgan fingerprint density at radius 3 is 2.38 bits per heavy atom. The van der Waals surface area contributed by atoms with Gasteiger partial charge in [0, 0.05) is 5.75 Å². The van der Waals surface area contributed by atoms with Crippen LogP contribution >= 0.6 is 35.0 Å². The summed E-state index contributed by atoms with van der Waals surface area (Å²) in [6.07, 6.45) is 0. The summed E-state index contributed by atoms with van der Waals surface area (Å²) in [5.74, 6) is -0.213. The maximum atomic E-state index is 11.9. The van der Waals surface area contributed by atoms with Crippen molar-refractivity contribution < 1.29 is 18.0 Å². The molecule has 1 aliphatic rings. The minimum Gasteiger partial charge on any atom is -0.334 e. The highest BCUT2D eigenvalue weighted by atomic mass is 35.5. The van der Waals surface area contributed by atoms with Gasteiger partial charge < -0.3 is 10.6 Å². The number of primary sulfonamides is 1. The Kier molecular flexibility index (Phi) is 4.69. The summed E-state index contributed by atoms with van der Waals surface area (Å²) in [5.41, 5.74) is 0.0573. The number of carbonyl (C=O) groups excluding carboxylic acids is 2. The summed E-state index contributed by atoms with van der Waals surface area (Å²) in [6.45, 7) is 0. The highest BCUT2D eigenvalue weighted by molar-refractivity contribution is 8.14. The highest BCUT2D eigenvalue weighted by Gasteiger charge is 2.29. The van der Waals surface area contributed by atoms with Crippen molar-refractivity contribution in [1.29, 1.82) is 0 Å². The highest BCUT2D eigenvalue weighted by Crippen LogP contribution is 2.33. The minimum absolute atomic E-state index is 0.0573. The third-order valence-electron chi connectivity index (χ3n) is 2.58. The van der Waals surface area contributed by atoms with Gasteiger partial charge >= 0.3 is 0 Å². The molecule has 1 atom stereocenters. The van der Waals surface area contributed by atoms with Crippen molar-refractivity contribution in [3.63, 3.8) is 0 Å². The number of halogens is 2. The van der Waals surface area contributed by atoms with Gasteiger partial charge in [0.15, 0.2) is 0 Å². The zero-order chi connectivity index (χ0) is 15.8. The lowest BCUT2D eigenvalue weighted by atomic mass is 10.2. The molecule has 11 heteroatoms. The van der Waals surface area contributed by atoms with Crippen LogP contribution in [0.2, 0.25) is 10.0 Å². The van der Waals surface area contributed by atoms with Crippen LogP contribution in [0.4, 0.5) is 10.5 Å². The molecule has 2 amide bonds. The Balaban J connectivity index is 2.25. The van der Waals surface area contributed by atoms with E-state index in [-0.39, 0.29) is 31.6 Å². The molecule has 1 aromatic rings. The van der Waals surface area contributed by atoms with Gasteiger partial charge in [0.2, 0.25) is 15.9 Å². The average Bonchev–Trinajstić information content (AvgIpc) is 2.79. The van der Waals surface area contributed by atoms with Crippen LogP contribution in [0.25, 0.3) is 0 Å². The molecule has 0 bridgehead atoms. The van der Waals surface area contributed by atoms with Crippen LogP contribution < -0.4 is 15.8 Å². The van der Waals surface area contributed by atoms with Crippen LogP contribution in [0.3, 0.4) is 0 Å². The topological polar surface area (TPSA) is 118 Å². The van der Waals surface area contributed by atoms with Crippen LogP contribution in [0.5, 0.6) is 0 Å². The molecule has 7 nitrogen and oxygen atoms in total. The average molecular weight is 370 g/mol. The van der Waals surface area contributed by atoms with Crippen LogP contribution in [-0.2, 0) is 14.8 Å². The summed E-state index contributed by atoms with van der Waals surface area (Å²) in [6, 6.07) is 1.47. The largest absolute Gasteiger partial charge is 0.334 e. The van der Waals surface area contributed by atoms with Crippen LogP contribution in [-0.4, -0.2) is 31.4 Å². The van der Waals surface area contributed by atoms with E-state index in [2.05, 4.69) is 10.6 Å². The van der Waals surface area contributed by atoms with Crippen LogP contribution in [0.15, 0.2) is 17.0 Å². The van der Waals surface area contributed by atoms with E-state index in [1.165, 1.54) is 0 Å². The van der Waals surface area contributed by atoms with Gasteiger partial charge in [-0.2, -0.15) is 0 Å². The van der Waals surface area contributed by atoms with E-state index in [4.69, 9.17) is 28.3 Å². The third kappa shape index (κ3) is 3.80. The molecule has 1 heterocycles. The van der Waals surface area contributed by atoms with Gasteiger partial charge in [-0.1, -0.05) is 35.0 Å². The molecule has 1 fully saturated rings. The molecule has 21 heavy (non-hydrogen) atoms. The van der Waals surface area contributed by atoms with Crippen molar-refractivity contribution in [3.8, 4) is 0 Å². The monoisotopic (exact) mass is 369 g/mol. The third-order valence-corrected chi connectivity index (χ3v) is 4.95. The number of amides is 2. The summed E-state index contributed by atoms with van der Waals surface area (Å²) < 4.78 is 22.5. The normalized spacial score (nSPS) is 18.4. The van der Waals surface area contributed by atoms with Crippen molar-refractivity contribution in [1.82, 2.24) is 5.32 Å². The number of carbonyl (C=O) groups is 2. The molecule has 0 aliphatic carbocycles. The summed E-state index contributed by atoms with van der Waals surface area (Å²) in [4.78, 5) is 22.7. The number of rotatable bonds is 3. The number of nitrogens with two attached hydrogens (primary N) is 1. The first-order valence-electron chi connectivity index (χ1n) is 5.44. The van der Waals surface area contributed by atoms with Crippen molar-refractivity contribution in [3.05, 3.63) is 22.2 Å². The molecular weight excluding hydrogens is 361 g/mol. The van der Waals surface area contributed by atoms with Crippen molar-refractivity contribution in [2.45, 2.75) is 10.9 Å². The van der Waals surface area contributed by atoms with Crippen LogP contribution in [0, 0.1) is 0 Å². The maximum Gasteiger partial charge on any atom is 0.279 e. The van der Waals surface area contributed by atoms with Gasteiger partial charge in [0.25, 0.3) is 5.24 Å². The smallest absolute Gasteiger partial charge is 0.279 e. The lowest BCUT2D eigenvalue weighted by Gasteiger charge is -2.13. The number of hydrogen-bond donors (Lipinski definition) is 3. The molecule has 1 unspecified atom stereocenters. The molecule has 1 aliphatic heterocycles. The van der Waals surface area contributed by atoms with E-state index >= 15 is 0 Å². The van der Waals surface area contributed by atoms with Gasteiger partial charge in [0.05, 0.1) is 20.6 Å². The quantitative estimate of drug-likeness (QED) is 0.743. The summed E-state index contributed by atoms with van der Waals surface area (Å²) >= 11 is 12.8. The second-order valence-electron chi connectivity index (χ2n) is 4.09. The van der Waals surface area contributed by atoms with Gasteiger partial charge in [-0.05, 0) is 12.1 Å². The van der Waals surface area contributed by atoms with Gasteiger partial charge in [-0.15, -0.1) is 0 Å². The minimum atomic E-state index is -3.96. The zero-order valence-corrected chi connectivity index (χ0v) is 13.4. The number of nitrogens with one attached hydrogen (secondary N) is 2. The molecular formula is C10H9Cl2N3O4S2. The molecule has 1 saturated heterocycles. The number of anilines is 1. The lowest BCUT2D eigenvalue weighted by molar-refractivity contribution is -0.117. The Hall–Kier alpha value is -1.00. The number of sulfonamides is 1. The van der Waals surface area contributed by atoms with Crippen LogP contribution in [0.1, 0.15) is 0 Å². The standard InChI is InChI=1S/C10H9Cl2N3O4S2/c11-5-1-4(21(13,18)19)2-6(12)8(5)15-9(16)7-3-20-10(17)14-7/h1-2,7H,3H2,(H,14,17)(H,15,16)(H2,13,18,19). The second kappa shape index (κ2) is 6.01. The number of thioether (sulfide) groups is 1. The SMILES string of the molecule is NS(=O)(=O)c1cc(Cl)c(NC(=O)C2CSC(=O)N2)c(Cl)c1. The van der Waals surface area contributed by atoms with Gasteiger partial charge in [-0.3, -0.25) is 9.59 Å². The van der Waals surface area contributed by atoms with E-state index in [9.17, 15) is 18.0 Å². The first-order chi connectivity index (χ1) is 9.68. The van der Waals surface area contributed by atoms with Crippen molar-refractivity contribution >= 4 is 61.8 Å². The molecule has 0 saturated carbocycles. The van der Waals surface area contributed by atoms with Gasteiger partial charge in [0.1, 0.15) is 6.04 Å². The summed E-state index contributed by atoms with van der Waals surface area (Å²) in [5, 5.41) is 9.45. The van der Waals surface area contributed by atoms with Crippen molar-refractivity contribution in [2.24, 2.45) is 5.14 Å². The van der Waals surface area contributed by atoms with Gasteiger partial charge in [-0.25, -0.2) is 13.6 Å². The summed E-state index contributed by atoms with van der Waals surface area (Å²) in [7, 11) is -3.96. The fourth-order valence-electron chi connectivity index (χ4n) is 1.57. The lowest BCUT2D eigenvalue weighted by Crippen LogP contribution is -2.38. The van der Waals surface area contributed by atoms with E-state index in [0.29, 0.717) is 0 Å². The molecule has 114 valence electrons. The molecule has 2 rings (SSSR count). The first kappa shape index (κ1) is 16.4. The molecule has 0 radical (unpaired) electrons. The molecule has 1 aromatic carbocycles. The van der Waals surface area contributed by atoms with E-state index in [1.54, 1.807) is 0 Å². The van der Waals surface area contributed by atoms with E-state index in [1.807, 2.05) is 0 Å². The zero-order valence-electron chi connectivity index (χ0n) is 10.2. The Morgan fingerprint density at radius 1 is 1.38 bits per heavy atom. The Labute approximate surface area is 134 Å². The Bertz CT molecular complexity index is 700. The fourth-order valence-corrected chi connectivity index (χ4v) is 3.62. The molecule has 0 spiro atoms. The van der Waals surface area contributed by atoms with Crippen molar-refractivity contribution in [2.75, 3.05) is 11.1 Å². The maximum absolute atomic E-state index is 11.9. The molecule has 0 aromatic heterocycles. The van der Waals surface area contributed by atoms with E-state index in [0.717, 1.165) is 23.9 Å². The first-order valence-corrected chi connectivity index (χ1v) is 8.73. The number of benzene rings is 1. The second-order valence-corrected chi connectivity index (χ2v) is 7.46.